The lowest BCUT2D eigenvalue weighted by atomic mass is 9.91. The first-order chi connectivity index (χ1) is 12.7. The van der Waals surface area contributed by atoms with Crippen LogP contribution in [0.2, 0.25) is 0 Å². The topological polar surface area (TPSA) is 63.7 Å². The molecule has 0 N–H and O–H groups in total. The molecule has 0 aliphatic carbocycles. The number of amides is 1. The van der Waals surface area contributed by atoms with Crippen LogP contribution >= 0.6 is 0 Å². The molecule has 0 spiro atoms. The van der Waals surface area contributed by atoms with Crippen LogP contribution in [0.1, 0.15) is 63.2 Å². The Balaban J connectivity index is 1.70. The maximum atomic E-state index is 12.3. The number of Topliss-reactive ketones (excluding diaryl/α,β-unsaturated/α-hetero) is 1. The minimum Gasteiger partial charge on any atom is -0.444 e. The van der Waals surface area contributed by atoms with Crippen molar-refractivity contribution in [2.75, 3.05) is 19.3 Å². The second-order valence-corrected chi connectivity index (χ2v) is 9.58. The molecule has 1 unspecified atom stereocenters. The van der Waals surface area contributed by atoms with Gasteiger partial charge < -0.3 is 9.64 Å². The summed E-state index contributed by atoms with van der Waals surface area (Å²) in [7, 11) is -1.02. The second-order valence-electron chi connectivity index (χ2n) is 8.20. The number of carbonyl (C=O) groups is 2. The highest BCUT2D eigenvalue weighted by atomic mass is 32.2. The largest absolute Gasteiger partial charge is 0.444 e. The lowest BCUT2D eigenvalue weighted by molar-refractivity contribution is 0.0181. The highest BCUT2D eigenvalue weighted by Crippen LogP contribution is 2.24. The number of ketones is 1. The molecular weight excluding hydrogens is 362 g/mol. The molecule has 0 aromatic heterocycles. The highest BCUT2D eigenvalue weighted by Gasteiger charge is 2.26. The van der Waals surface area contributed by atoms with Crippen molar-refractivity contribution in [2.45, 2.75) is 63.4 Å². The molecule has 5 nitrogen and oxygen atoms in total. The van der Waals surface area contributed by atoms with Gasteiger partial charge in [0.05, 0.1) is 0 Å². The summed E-state index contributed by atoms with van der Waals surface area (Å²) in [5.74, 6) is 0.691. The summed E-state index contributed by atoms with van der Waals surface area (Å²) in [6.07, 6.45) is 5.72. The normalized spacial score (nSPS) is 16.8. The molecular formula is C21H31NO4S. The average Bonchev–Trinajstić information content (AvgIpc) is 2.60. The first kappa shape index (κ1) is 21.6. The van der Waals surface area contributed by atoms with Gasteiger partial charge in [-0.2, -0.15) is 0 Å². The van der Waals surface area contributed by atoms with Crippen molar-refractivity contribution >= 4 is 22.7 Å². The molecule has 0 bridgehead atoms. The van der Waals surface area contributed by atoms with Gasteiger partial charge in [-0.05, 0) is 64.5 Å². The lowest BCUT2D eigenvalue weighted by Crippen LogP contribution is -2.41. The molecule has 1 fully saturated rings. The molecule has 1 amide bonds. The van der Waals surface area contributed by atoms with Crippen LogP contribution in [0.3, 0.4) is 0 Å². The van der Waals surface area contributed by atoms with Gasteiger partial charge in [-0.1, -0.05) is 12.1 Å². The molecule has 1 aromatic carbocycles. The maximum absolute atomic E-state index is 12.3. The fourth-order valence-corrected chi connectivity index (χ4v) is 3.78. The molecule has 1 atom stereocenters. The Morgan fingerprint density at radius 2 is 1.74 bits per heavy atom. The molecule has 27 heavy (non-hydrogen) atoms. The summed E-state index contributed by atoms with van der Waals surface area (Å²) in [5.41, 5.74) is 0.225. The van der Waals surface area contributed by atoms with Crippen molar-refractivity contribution < 1.29 is 18.5 Å². The zero-order valence-electron chi connectivity index (χ0n) is 16.8. The Bertz CT molecular complexity index is 670. The smallest absolute Gasteiger partial charge is 0.410 e. The highest BCUT2D eigenvalue weighted by molar-refractivity contribution is 7.84. The third-order valence-electron chi connectivity index (χ3n) is 4.79. The minimum atomic E-state index is -1.02. The standard InChI is InChI=1S/C21H31NO4S/c1-21(2,3)26-20(24)22-14-12-16(13-15-22)6-5-7-19(23)17-8-10-18(11-9-17)27(4)25/h8-11,16H,5-7,12-15H2,1-4H3. The predicted octanol–water partition coefficient (Wildman–Crippen LogP) is 4.42. The van der Waals surface area contributed by atoms with E-state index in [0.29, 0.717) is 17.9 Å². The number of carbonyl (C=O) groups excluding carboxylic acids is 2. The Kier molecular flexibility index (Phi) is 7.59. The van der Waals surface area contributed by atoms with Gasteiger partial charge in [-0.15, -0.1) is 0 Å². The van der Waals surface area contributed by atoms with E-state index in [1.807, 2.05) is 20.8 Å². The Labute approximate surface area is 164 Å². The van der Waals surface area contributed by atoms with E-state index >= 15 is 0 Å². The molecule has 6 heteroatoms. The molecule has 1 saturated heterocycles. The third kappa shape index (κ3) is 7.09. The van der Waals surface area contributed by atoms with Crippen LogP contribution in [0.15, 0.2) is 29.2 Å². The van der Waals surface area contributed by atoms with E-state index < -0.39 is 16.4 Å². The van der Waals surface area contributed by atoms with Gasteiger partial charge in [-0.25, -0.2) is 4.79 Å². The molecule has 1 aliphatic rings. The van der Waals surface area contributed by atoms with Crippen molar-refractivity contribution in [1.82, 2.24) is 4.90 Å². The molecule has 1 aromatic rings. The van der Waals surface area contributed by atoms with Crippen LogP contribution in [-0.2, 0) is 15.5 Å². The first-order valence-electron chi connectivity index (χ1n) is 9.60. The van der Waals surface area contributed by atoms with E-state index in [0.717, 1.165) is 43.7 Å². The van der Waals surface area contributed by atoms with Crippen LogP contribution in [0, 0.1) is 5.92 Å². The average molecular weight is 394 g/mol. The van der Waals surface area contributed by atoms with Crippen molar-refractivity contribution in [3.63, 3.8) is 0 Å². The molecule has 150 valence electrons. The van der Waals surface area contributed by atoms with E-state index in [4.69, 9.17) is 4.74 Å². The summed E-state index contributed by atoms with van der Waals surface area (Å²) >= 11 is 0. The lowest BCUT2D eigenvalue weighted by Gasteiger charge is -2.33. The summed E-state index contributed by atoms with van der Waals surface area (Å²) in [6.45, 7) is 7.09. The molecule has 0 saturated carbocycles. The second kappa shape index (κ2) is 9.49. The van der Waals surface area contributed by atoms with Crippen LogP contribution in [-0.4, -0.2) is 45.9 Å². The van der Waals surface area contributed by atoms with Crippen LogP contribution < -0.4 is 0 Å². The fraction of sp³-hybridized carbons (Fsp3) is 0.619. The van der Waals surface area contributed by atoms with Crippen molar-refractivity contribution in [3.8, 4) is 0 Å². The number of likely N-dealkylation sites (tertiary alicyclic amines) is 1. The minimum absolute atomic E-state index is 0.134. The number of ether oxygens (including phenoxy) is 1. The van der Waals surface area contributed by atoms with E-state index in [1.165, 1.54) is 0 Å². The number of hydrogen-bond acceptors (Lipinski definition) is 4. The predicted molar refractivity (Wildman–Crippen MR) is 107 cm³/mol. The van der Waals surface area contributed by atoms with E-state index in [9.17, 15) is 13.8 Å². The van der Waals surface area contributed by atoms with Gasteiger partial charge in [0.25, 0.3) is 0 Å². The monoisotopic (exact) mass is 393 g/mol. The van der Waals surface area contributed by atoms with Gasteiger partial charge >= 0.3 is 6.09 Å². The number of benzene rings is 1. The number of nitrogens with zero attached hydrogens (tertiary/aromatic N) is 1. The van der Waals surface area contributed by atoms with Crippen LogP contribution in [0.4, 0.5) is 4.79 Å². The van der Waals surface area contributed by atoms with Gasteiger partial charge in [0, 0.05) is 47.0 Å². The Morgan fingerprint density at radius 1 is 1.15 bits per heavy atom. The van der Waals surface area contributed by atoms with Gasteiger partial charge in [0.1, 0.15) is 5.60 Å². The Morgan fingerprint density at radius 3 is 2.26 bits per heavy atom. The quantitative estimate of drug-likeness (QED) is 0.671. The third-order valence-corrected chi connectivity index (χ3v) is 5.73. The van der Waals surface area contributed by atoms with Gasteiger partial charge in [-0.3, -0.25) is 9.00 Å². The van der Waals surface area contributed by atoms with Gasteiger partial charge in [0.15, 0.2) is 5.78 Å². The number of rotatable bonds is 6. The van der Waals surface area contributed by atoms with E-state index in [-0.39, 0.29) is 11.9 Å². The molecule has 2 rings (SSSR count). The Hall–Kier alpha value is -1.69. The van der Waals surface area contributed by atoms with Crippen molar-refractivity contribution in [2.24, 2.45) is 5.92 Å². The summed E-state index contributed by atoms with van der Waals surface area (Å²) in [4.78, 5) is 26.9. The summed E-state index contributed by atoms with van der Waals surface area (Å²) in [6, 6.07) is 7.04. The van der Waals surface area contributed by atoms with Crippen LogP contribution in [0.25, 0.3) is 0 Å². The SMILES string of the molecule is CS(=O)c1ccc(C(=O)CCCC2CCN(C(=O)OC(C)(C)C)CC2)cc1. The molecule has 1 heterocycles. The molecule has 1 aliphatic heterocycles. The first-order valence-corrected chi connectivity index (χ1v) is 11.2. The zero-order valence-corrected chi connectivity index (χ0v) is 17.6. The van der Waals surface area contributed by atoms with E-state index in [2.05, 4.69) is 0 Å². The van der Waals surface area contributed by atoms with Crippen molar-refractivity contribution in [1.29, 1.82) is 0 Å². The fourth-order valence-electron chi connectivity index (χ4n) is 3.26. The van der Waals surface area contributed by atoms with E-state index in [1.54, 1.807) is 35.4 Å². The van der Waals surface area contributed by atoms with Crippen molar-refractivity contribution in [3.05, 3.63) is 29.8 Å². The number of piperidine rings is 1. The molecule has 0 radical (unpaired) electrons. The number of hydrogen-bond donors (Lipinski definition) is 0. The maximum Gasteiger partial charge on any atom is 0.410 e. The van der Waals surface area contributed by atoms with Gasteiger partial charge in [0.2, 0.25) is 0 Å². The summed E-state index contributed by atoms with van der Waals surface area (Å²) in [5, 5.41) is 0. The van der Waals surface area contributed by atoms with Crippen LogP contribution in [0.5, 0.6) is 0 Å². The zero-order chi connectivity index (χ0) is 20.0. The summed E-state index contributed by atoms with van der Waals surface area (Å²) < 4.78 is 16.8.